The highest BCUT2D eigenvalue weighted by Gasteiger charge is 2.37. The van der Waals surface area contributed by atoms with E-state index in [0.717, 1.165) is 0 Å². The summed E-state index contributed by atoms with van der Waals surface area (Å²) >= 11 is 5.91. The van der Waals surface area contributed by atoms with Gasteiger partial charge in [-0.15, -0.1) is 0 Å². The molecule has 13 heavy (non-hydrogen) atoms. The zero-order valence-electron chi connectivity index (χ0n) is 7.46. The minimum atomic E-state index is -4.35. The summed E-state index contributed by atoms with van der Waals surface area (Å²) in [6.45, 7) is 0. The van der Waals surface area contributed by atoms with Gasteiger partial charge in [0.25, 0.3) is 0 Å². The van der Waals surface area contributed by atoms with Crippen molar-refractivity contribution in [2.75, 3.05) is 5.33 Å². The summed E-state index contributed by atoms with van der Waals surface area (Å²) in [5.74, 6) is 0. The smallest absolute Gasteiger partial charge is 0.166 e. The average molecular weight is 321 g/mol. The van der Waals surface area contributed by atoms with E-state index < -0.39 is 16.6 Å². The maximum atomic E-state index is 12.5. The Hall–Kier alpha value is 0.230. The normalized spacial score (nSPS) is 30.7. The van der Waals surface area contributed by atoms with Crippen LogP contribution in [0.15, 0.2) is 23.3 Å². The second-order valence-electron chi connectivity index (χ2n) is 2.59. The Balaban J connectivity index is 3.08. The number of rotatable bonds is 1. The van der Waals surface area contributed by atoms with Crippen LogP contribution in [0.5, 0.6) is 0 Å². The lowest BCUT2D eigenvalue weighted by Crippen LogP contribution is -2.19. The fraction of sp³-hybridized carbons (Fsp3) is 0.500. The van der Waals surface area contributed by atoms with Crippen LogP contribution in [0.2, 0.25) is 0 Å². The van der Waals surface area contributed by atoms with Crippen LogP contribution in [0.4, 0.5) is 13.2 Å². The average Bonchev–Trinajstić information content (AvgIpc) is 2.01. The van der Waals surface area contributed by atoms with Crippen LogP contribution in [-0.4, -0.2) is 16.3 Å². The van der Waals surface area contributed by atoms with Crippen molar-refractivity contribution < 1.29 is 14.5 Å². The van der Waals surface area contributed by atoms with E-state index in [9.17, 15) is 13.2 Å². The summed E-state index contributed by atoms with van der Waals surface area (Å²) < 4.78 is 45.0. The van der Waals surface area contributed by atoms with E-state index in [1.165, 1.54) is 12.2 Å². The molecule has 0 aromatic rings. The molecule has 1 aliphatic rings. The standard InChI is InChI=1S/C8H7Br2F3/c9-4-5-1-2-6(10)3-7(5)8(11,12)13/h1-2,6H,3-4H2/i6D. The van der Waals surface area contributed by atoms with Gasteiger partial charge in [-0.3, -0.25) is 0 Å². The zero-order valence-corrected chi connectivity index (χ0v) is 9.63. The Kier molecular flexibility index (Phi) is 3.14. The molecule has 1 unspecified atom stereocenters. The number of allylic oxidation sites excluding steroid dienone is 4. The molecule has 0 saturated carbocycles. The van der Waals surface area contributed by atoms with E-state index in [0.29, 0.717) is 0 Å². The van der Waals surface area contributed by atoms with Gasteiger partial charge in [0.05, 0.1) is 0 Å². The first-order valence-corrected chi connectivity index (χ1v) is 5.41. The van der Waals surface area contributed by atoms with Crippen molar-refractivity contribution in [2.45, 2.75) is 17.4 Å². The monoisotopic (exact) mass is 319 g/mol. The summed E-state index contributed by atoms with van der Waals surface area (Å²) in [4.78, 5) is -1.33. The lowest BCUT2D eigenvalue weighted by Gasteiger charge is -2.20. The maximum absolute atomic E-state index is 12.5. The minimum absolute atomic E-state index is 0.154. The molecule has 0 spiro atoms. The van der Waals surface area contributed by atoms with Crippen LogP contribution < -0.4 is 0 Å². The molecule has 1 rings (SSSR count). The van der Waals surface area contributed by atoms with E-state index in [1.54, 1.807) is 0 Å². The fourth-order valence-corrected chi connectivity index (χ4v) is 1.98. The topological polar surface area (TPSA) is 0 Å². The van der Waals surface area contributed by atoms with Crippen LogP contribution in [0, 0.1) is 0 Å². The second kappa shape index (κ2) is 4.17. The van der Waals surface area contributed by atoms with E-state index in [2.05, 4.69) is 31.9 Å². The van der Waals surface area contributed by atoms with Crippen LogP contribution in [0.25, 0.3) is 0 Å². The first-order chi connectivity index (χ1) is 6.26. The Labute approximate surface area is 92.5 Å². The number of alkyl halides is 5. The van der Waals surface area contributed by atoms with Crippen LogP contribution in [-0.2, 0) is 0 Å². The molecule has 0 radical (unpaired) electrons. The highest BCUT2D eigenvalue weighted by molar-refractivity contribution is 9.09. The van der Waals surface area contributed by atoms with Gasteiger partial charge in [-0.25, -0.2) is 0 Å². The molecule has 0 aromatic carbocycles. The first-order valence-electron chi connectivity index (χ1n) is 3.99. The van der Waals surface area contributed by atoms with Gasteiger partial charge < -0.3 is 0 Å². The van der Waals surface area contributed by atoms with Crippen molar-refractivity contribution in [2.24, 2.45) is 0 Å². The molecule has 74 valence electrons. The highest BCUT2D eigenvalue weighted by atomic mass is 79.9. The third-order valence-corrected chi connectivity index (χ3v) is 2.83. The largest absolute Gasteiger partial charge is 0.413 e. The number of hydrogen-bond donors (Lipinski definition) is 0. The second-order valence-corrected chi connectivity index (χ2v) is 4.17. The van der Waals surface area contributed by atoms with Gasteiger partial charge in [-0.2, -0.15) is 13.2 Å². The van der Waals surface area contributed by atoms with Crippen molar-refractivity contribution >= 4 is 31.9 Å². The van der Waals surface area contributed by atoms with Crippen molar-refractivity contribution in [3.63, 3.8) is 0 Å². The third-order valence-electron chi connectivity index (χ3n) is 1.68. The molecule has 5 heteroatoms. The quantitative estimate of drug-likeness (QED) is 0.641. The Morgan fingerprint density at radius 3 is 2.69 bits per heavy atom. The lowest BCUT2D eigenvalue weighted by atomic mass is 9.98. The van der Waals surface area contributed by atoms with Gasteiger partial charge in [0, 0.05) is 17.1 Å². The van der Waals surface area contributed by atoms with Gasteiger partial charge in [0.15, 0.2) is 0 Å². The molecule has 0 aromatic heterocycles. The molecular formula is C8H7Br2F3. The maximum Gasteiger partial charge on any atom is 0.413 e. The number of hydrogen-bond acceptors (Lipinski definition) is 0. The number of halogens is 5. The van der Waals surface area contributed by atoms with E-state index in [4.69, 9.17) is 1.37 Å². The zero-order chi connectivity index (χ0) is 11.0. The van der Waals surface area contributed by atoms with Gasteiger partial charge >= 0.3 is 6.18 Å². The molecular weight excluding hydrogens is 313 g/mol. The van der Waals surface area contributed by atoms with Gasteiger partial charge in [0.1, 0.15) is 0 Å². The predicted octanol–water partition coefficient (Wildman–Crippen LogP) is 3.96. The molecule has 0 saturated heterocycles. The molecule has 0 heterocycles. The van der Waals surface area contributed by atoms with Crippen LogP contribution in [0.1, 0.15) is 7.79 Å². The van der Waals surface area contributed by atoms with Gasteiger partial charge in [-0.1, -0.05) is 44.0 Å². The van der Waals surface area contributed by atoms with Crippen molar-refractivity contribution in [1.29, 1.82) is 0 Å². The summed E-state index contributed by atoms with van der Waals surface area (Å²) in [7, 11) is 0. The van der Waals surface area contributed by atoms with Crippen molar-refractivity contribution in [1.82, 2.24) is 0 Å². The Morgan fingerprint density at radius 1 is 1.62 bits per heavy atom. The molecule has 0 aliphatic heterocycles. The molecule has 1 aliphatic carbocycles. The minimum Gasteiger partial charge on any atom is -0.166 e. The summed E-state index contributed by atoms with van der Waals surface area (Å²) in [6, 6.07) is 0. The van der Waals surface area contributed by atoms with Crippen LogP contribution >= 0.6 is 31.9 Å². The fourth-order valence-electron chi connectivity index (χ4n) is 1.04. The SMILES string of the molecule is [2H]C1(Br)C=CC(CBr)=C(C(F)(F)F)C1. The summed E-state index contributed by atoms with van der Waals surface area (Å²) in [5, 5.41) is 0.154. The van der Waals surface area contributed by atoms with E-state index >= 15 is 0 Å². The van der Waals surface area contributed by atoms with Crippen molar-refractivity contribution in [3.8, 4) is 0 Å². The van der Waals surface area contributed by atoms with Gasteiger partial charge in [-0.05, 0) is 12.0 Å². The van der Waals surface area contributed by atoms with E-state index in [1.807, 2.05) is 0 Å². The Bertz CT molecular complexity index is 291. The molecule has 0 amide bonds. The highest BCUT2D eigenvalue weighted by Crippen LogP contribution is 2.36. The Morgan fingerprint density at radius 2 is 2.23 bits per heavy atom. The summed E-state index contributed by atoms with van der Waals surface area (Å²) in [5.41, 5.74) is -0.441. The first kappa shape index (κ1) is 9.77. The van der Waals surface area contributed by atoms with Crippen molar-refractivity contribution in [3.05, 3.63) is 23.3 Å². The molecule has 0 N–H and O–H groups in total. The third kappa shape index (κ3) is 2.84. The molecule has 1 atom stereocenters. The summed E-state index contributed by atoms with van der Waals surface area (Å²) in [6.07, 6.45) is -1.95. The molecule has 0 nitrogen and oxygen atoms in total. The predicted molar refractivity (Wildman–Crippen MR) is 53.3 cm³/mol. The van der Waals surface area contributed by atoms with Gasteiger partial charge in [0.2, 0.25) is 0 Å². The molecule has 0 fully saturated rings. The van der Waals surface area contributed by atoms with Crippen LogP contribution in [0.3, 0.4) is 0 Å². The van der Waals surface area contributed by atoms with E-state index in [-0.39, 0.29) is 17.3 Å². The lowest BCUT2D eigenvalue weighted by molar-refractivity contribution is -0.0945. The molecule has 0 bridgehead atoms.